The van der Waals surface area contributed by atoms with Gasteiger partial charge in [0.2, 0.25) is 0 Å². The molecule has 0 amide bonds. The number of nitrogens with zero attached hydrogens (tertiary/aromatic N) is 1. The van der Waals surface area contributed by atoms with Crippen molar-refractivity contribution >= 4 is 29.9 Å². The summed E-state index contributed by atoms with van der Waals surface area (Å²) in [4.78, 5) is 4.38. The number of hydrogen-bond acceptors (Lipinski definition) is 3. The van der Waals surface area contributed by atoms with E-state index in [1.807, 2.05) is 19.2 Å². The van der Waals surface area contributed by atoms with E-state index in [0.717, 1.165) is 50.9 Å². The minimum Gasteiger partial charge on any atom is -0.494 e. The number of guanidine groups is 1. The van der Waals surface area contributed by atoms with Crippen LogP contribution in [0.4, 0.5) is 0 Å². The molecular formula is C21H36IN3O2. The molecule has 1 aliphatic carbocycles. The number of halogens is 1. The van der Waals surface area contributed by atoms with Gasteiger partial charge < -0.3 is 20.1 Å². The predicted molar refractivity (Wildman–Crippen MR) is 123 cm³/mol. The van der Waals surface area contributed by atoms with E-state index in [-0.39, 0.29) is 24.0 Å². The monoisotopic (exact) mass is 489 g/mol. The third kappa shape index (κ3) is 8.25. The predicted octanol–water partition coefficient (Wildman–Crippen LogP) is 4.36. The molecule has 1 aromatic rings. The molecule has 27 heavy (non-hydrogen) atoms. The van der Waals surface area contributed by atoms with Gasteiger partial charge in [-0.25, -0.2) is 0 Å². The molecule has 0 atom stereocenters. The molecule has 0 radical (unpaired) electrons. The lowest BCUT2D eigenvalue weighted by atomic mass is 9.83. The van der Waals surface area contributed by atoms with Crippen LogP contribution in [0.5, 0.6) is 5.75 Å². The molecule has 0 unspecified atom stereocenters. The largest absolute Gasteiger partial charge is 0.494 e. The van der Waals surface area contributed by atoms with Crippen LogP contribution in [-0.2, 0) is 11.3 Å². The average Bonchev–Trinajstić information content (AvgIpc) is 3.14. The second-order valence-corrected chi connectivity index (χ2v) is 7.23. The fourth-order valence-corrected chi connectivity index (χ4v) is 3.60. The van der Waals surface area contributed by atoms with Crippen LogP contribution in [0.15, 0.2) is 29.3 Å². The van der Waals surface area contributed by atoms with Gasteiger partial charge in [-0.1, -0.05) is 31.9 Å². The van der Waals surface area contributed by atoms with Gasteiger partial charge >= 0.3 is 0 Å². The molecule has 1 aliphatic rings. The number of aliphatic imine (C=N–C) groups is 1. The summed E-state index contributed by atoms with van der Waals surface area (Å²) >= 11 is 0. The van der Waals surface area contributed by atoms with Crippen LogP contribution in [0, 0.1) is 5.41 Å². The molecule has 0 aromatic heterocycles. The van der Waals surface area contributed by atoms with Crippen molar-refractivity contribution in [3.8, 4) is 5.75 Å². The lowest BCUT2D eigenvalue weighted by molar-refractivity contribution is 0.138. The third-order valence-corrected chi connectivity index (χ3v) is 5.19. The molecule has 154 valence electrons. The molecule has 2 N–H and O–H groups in total. The lowest BCUT2D eigenvalue weighted by Gasteiger charge is -2.30. The van der Waals surface area contributed by atoms with Gasteiger partial charge in [0.1, 0.15) is 5.75 Å². The fraction of sp³-hybridized carbons (Fsp3) is 0.667. The van der Waals surface area contributed by atoms with E-state index in [0.29, 0.717) is 5.41 Å². The zero-order valence-corrected chi connectivity index (χ0v) is 19.4. The van der Waals surface area contributed by atoms with Crippen LogP contribution < -0.4 is 15.4 Å². The first-order chi connectivity index (χ1) is 12.7. The van der Waals surface area contributed by atoms with E-state index in [1.54, 1.807) is 7.11 Å². The Morgan fingerprint density at radius 1 is 1.19 bits per heavy atom. The molecule has 2 rings (SSSR count). The minimum atomic E-state index is 0. The molecule has 1 fully saturated rings. The van der Waals surface area contributed by atoms with Crippen LogP contribution in [0.1, 0.15) is 51.0 Å². The Hall–Kier alpha value is -1.02. The lowest BCUT2D eigenvalue weighted by Crippen LogP contribution is -2.43. The number of ether oxygens (including phenoxy) is 2. The van der Waals surface area contributed by atoms with E-state index < -0.39 is 0 Å². The first kappa shape index (κ1) is 24.0. The highest BCUT2D eigenvalue weighted by molar-refractivity contribution is 14.0. The normalized spacial score (nSPS) is 15.9. The maximum atomic E-state index is 5.71. The van der Waals surface area contributed by atoms with Crippen LogP contribution in [0.3, 0.4) is 0 Å². The zero-order chi connectivity index (χ0) is 18.7. The molecule has 0 spiro atoms. The first-order valence-corrected chi connectivity index (χ1v) is 9.86. The van der Waals surface area contributed by atoms with Crippen LogP contribution >= 0.6 is 24.0 Å². The second kappa shape index (κ2) is 13.2. The smallest absolute Gasteiger partial charge is 0.191 e. The molecule has 0 aliphatic heterocycles. The number of rotatable bonds is 10. The van der Waals surface area contributed by atoms with Crippen molar-refractivity contribution in [2.75, 3.05) is 33.9 Å². The van der Waals surface area contributed by atoms with E-state index in [4.69, 9.17) is 9.47 Å². The summed E-state index contributed by atoms with van der Waals surface area (Å²) in [6.45, 7) is 5.39. The Morgan fingerprint density at radius 2 is 1.96 bits per heavy atom. The third-order valence-electron chi connectivity index (χ3n) is 5.19. The molecule has 6 heteroatoms. The Balaban J connectivity index is 0.00000364. The van der Waals surface area contributed by atoms with E-state index in [1.165, 1.54) is 31.2 Å². The van der Waals surface area contributed by atoms with Gasteiger partial charge in [0.05, 0.1) is 6.61 Å². The first-order valence-electron chi connectivity index (χ1n) is 9.86. The summed E-state index contributed by atoms with van der Waals surface area (Å²) in [7, 11) is 3.61. The van der Waals surface area contributed by atoms with Gasteiger partial charge in [0, 0.05) is 33.9 Å². The van der Waals surface area contributed by atoms with Crippen LogP contribution in [0.2, 0.25) is 0 Å². The summed E-state index contributed by atoms with van der Waals surface area (Å²) in [5.41, 5.74) is 1.54. The Morgan fingerprint density at radius 3 is 2.63 bits per heavy atom. The van der Waals surface area contributed by atoms with Gasteiger partial charge in [0.15, 0.2) is 5.96 Å². The minimum absolute atomic E-state index is 0. The van der Waals surface area contributed by atoms with E-state index in [9.17, 15) is 0 Å². The molecule has 0 heterocycles. The van der Waals surface area contributed by atoms with Gasteiger partial charge in [-0.05, 0) is 48.8 Å². The summed E-state index contributed by atoms with van der Waals surface area (Å²) < 4.78 is 11.0. The van der Waals surface area contributed by atoms with Crippen molar-refractivity contribution in [1.29, 1.82) is 0 Å². The standard InChI is InChI=1S/C21H35N3O2.HI/c1-4-13-26-19-9-7-8-18(15-19)16-23-20(22-2)24-17-21(12-14-25-3)10-5-6-11-21;/h7-9,15H,4-6,10-14,16-17H2,1-3H3,(H2,22,23,24);1H. The molecule has 1 aromatic carbocycles. The summed E-state index contributed by atoms with van der Waals surface area (Å²) in [5, 5.41) is 6.95. The summed E-state index contributed by atoms with van der Waals surface area (Å²) in [6, 6.07) is 8.24. The second-order valence-electron chi connectivity index (χ2n) is 7.23. The fourth-order valence-electron chi connectivity index (χ4n) is 3.60. The van der Waals surface area contributed by atoms with E-state index >= 15 is 0 Å². The Bertz CT molecular complexity index is 560. The summed E-state index contributed by atoms with van der Waals surface area (Å²) in [5.74, 6) is 1.78. The van der Waals surface area contributed by atoms with Crippen molar-refractivity contribution in [1.82, 2.24) is 10.6 Å². The summed E-state index contributed by atoms with van der Waals surface area (Å²) in [6.07, 6.45) is 7.33. The highest BCUT2D eigenvalue weighted by Gasteiger charge is 2.33. The molecule has 1 saturated carbocycles. The average molecular weight is 489 g/mol. The van der Waals surface area contributed by atoms with Gasteiger partial charge in [-0.3, -0.25) is 4.99 Å². The number of hydrogen-bond donors (Lipinski definition) is 2. The van der Waals surface area contributed by atoms with Gasteiger partial charge in [-0.2, -0.15) is 0 Å². The van der Waals surface area contributed by atoms with Gasteiger partial charge in [-0.15, -0.1) is 24.0 Å². The van der Waals surface area contributed by atoms with E-state index in [2.05, 4.69) is 34.7 Å². The molecule has 0 bridgehead atoms. The number of methoxy groups -OCH3 is 1. The molecule has 5 nitrogen and oxygen atoms in total. The Kier molecular flexibility index (Phi) is 11.7. The maximum Gasteiger partial charge on any atom is 0.191 e. The molecular weight excluding hydrogens is 453 g/mol. The quantitative estimate of drug-likeness (QED) is 0.292. The molecule has 0 saturated heterocycles. The zero-order valence-electron chi connectivity index (χ0n) is 17.1. The van der Waals surface area contributed by atoms with Crippen molar-refractivity contribution in [2.24, 2.45) is 10.4 Å². The highest BCUT2D eigenvalue weighted by Crippen LogP contribution is 2.40. The van der Waals surface area contributed by atoms with Crippen LogP contribution in [-0.4, -0.2) is 39.9 Å². The highest BCUT2D eigenvalue weighted by atomic mass is 127. The Labute approximate surface area is 181 Å². The van der Waals surface area contributed by atoms with Crippen molar-refractivity contribution in [2.45, 2.75) is 52.0 Å². The number of benzene rings is 1. The van der Waals surface area contributed by atoms with Crippen LogP contribution in [0.25, 0.3) is 0 Å². The van der Waals surface area contributed by atoms with Crippen molar-refractivity contribution in [3.05, 3.63) is 29.8 Å². The van der Waals surface area contributed by atoms with Gasteiger partial charge in [0.25, 0.3) is 0 Å². The van der Waals surface area contributed by atoms with Crippen molar-refractivity contribution < 1.29 is 9.47 Å². The topological polar surface area (TPSA) is 54.9 Å². The van der Waals surface area contributed by atoms with Crippen molar-refractivity contribution in [3.63, 3.8) is 0 Å². The number of nitrogens with one attached hydrogen (secondary N) is 2. The maximum absolute atomic E-state index is 5.71. The SMILES string of the molecule is CCCOc1cccc(CNC(=NC)NCC2(CCOC)CCCC2)c1.I.